The lowest BCUT2D eigenvalue weighted by Gasteiger charge is -2.00. The van der Waals surface area contributed by atoms with Crippen molar-refractivity contribution < 1.29 is 8.95 Å². The van der Waals surface area contributed by atoms with Gasteiger partial charge in [-0.3, -0.25) is 5.14 Å². The van der Waals surface area contributed by atoms with Crippen LogP contribution in [-0.2, 0) is 16.3 Å². The van der Waals surface area contributed by atoms with Gasteiger partial charge < -0.3 is 4.74 Å². The molecule has 2 rings (SSSR count). The predicted molar refractivity (Wildman–Crippen MR) is 45.4 cm³/mol. The summed E-state index contributed by atoms with van der Waals surface area (Å²) in [4.78, 5) is 0.403. The van der Waals surface area contributed by atoms with E-state index in [1.165, 1.54) is 6.20 Å². The highest BCUT2D eigenvalue weighted by atomic mass is 32.2. The second-order valence-corrected chi connectivity index (χ2v) is 4.50. The highest BCUT2D eigenvalue weighted by Gasteiger charge is 2.21. The van der Waals surface area contributed by atoms with Crippen LogP contribution in [0.5, 0.6) is 5.88 Å². The van der Waals surface area contributed by atoms with E-state index < -0.39 is 9.71 Å². The lowest BCUT2D eigenvalue weighted by Crippen LogP contribution is -2.11. The maximum Gasteiger partial charge on any atom is 0.229 e. The molecule has 0 fully saturated rings. The number of hydrogen-bond acceptors (Lipinski definition) is 3. The molecule has 1 aromatic heterocycles. The van der Waals surface area contributed by atoms with Crippen molar-refractivity contribution in [2.24, 2.45) is 5.14 Å². The molecule has 6 heteroatoms. The molecule has 1 aromatic rings. The molecule has 1 aliphatic rings. The van der Waals surface area contributed by atoms with Crippen LogP contribution in [0.15, 0.2) is 11.1 Å². The number of nitrogens with zero attached hydrogens (tertiary/aromatic N) is 2. The first-order valence-electron chi connectivity index (χ1n) is 3.42. The van der Waals surface area contributed by atoms with E-state index in [9.17, 15) is 4.21 Å². The van der Waals surface area contributed by atoms with Crippen LogP contribution >= 0.6 is 0 Å². The Kier molecular flexibility index (Phi) is 1.42. The standard InChI is InChI=1S/C6H9N3O2S/c1-12(7,10)5-4-8-9-2-3-11-6(5)9/h4H,1-3H2,(H2,7,10). The highest BCUT2D eigenvalue weighted by molar-refractivity contribution is 7.98. The summed E-state index contributed by atoms with van der Waals surface area (Å²) in [6.45, 7) is 1.25. The zero-order chi connectivity index (χ0) is 8.77. The molecule has 1 atom stereocenters. The Bertz CT molecular complexity index is 406. The zero-order valence-corrected chi connectivity index (χ0v) is 7.21. The van der Waals surface area contributed by atoms with Crippen LogP contribution in [0.4, 0.5) is 0 Å². The van der Waals surface area contributed by atoms with E-state index in [4.69, 9.17) is 9.88 Å². The van der Waals surface area contributed by atoms with Crippen LogP contribution in [0.25, 0.3) is 0 Å². The Morgan fingerprint density at radius 2 is 2.58 bits per heavy atom. The fourth-order valence-electron chi connectivity index (χ4n) is 1.13. The third-order valence-corrected chi connectivity index (χ3v) is 2.70. The molecular weight excluding hydrogens is 178 g/mol. The number of ether oxygens (including phenoxy) is 1. The minimum absolute atomic E-state index is 0.403. The molecule has 2 N–H and O–H groups in total. The van der Waals surface area contributed by atoms with E-state index in [1.807, 2.05) is 0 Å². The Balaban J connectivity index is 2.61. The van der Waals surface area contributed by atoms with Crippen molar-refractivity contribution in [3.05, 3.63) is 6.20 Å². The lowest BCUT2D eigenvalue weighted by molar-refractivity contribution is 0.349. The predicted octanol–water partition coefficient (Wildman–Crippen LogP) is -0.776. The van der Waals surface area contributed by atoms with Crippen LogP contribution in [0.2, 0.25) is 0 Å². The topological polar surface area (TPSA) is 70.1 Å². The van der Waals surface area contributed by atoms with Gasteiger partial charge in [-0.05, 0) is 5.87 Å². The molecule has 0 radical (unpaired) electrons. The van der Waals surface area contributed by atoms with Gasteiger partial charge in [0.05, 0.1) is 22.4 Å². The van der Waals surface area contributed by atoms with Gasteiger partial charge in [0.2, 0.25) is 5.88 Å². The lowest BCUT2D eigenvalue weighted by atomic mass is 10.7. The fourth-order valence-corrected chi connectivity index (χ4v) is 1.81. The smallest absolute Gasteiger partial charge is 0.229 e. The Morgan fingerprint density at radius 3 is 3.25 bits per heavy atom. The maximum absolute atomic E-state index is 11.3. The molecule has 0 saturated carbocycles. The summed E-state index contributed by atoms with van der Waals surface area (Å²) in [5.41, 5.74) is 0. The van der Waals surface area contributed by atoms with Crippen LogP contribution in [0, 0.1) is 0 Å². The zero-order valence-electron chi connectivity index (χ0n) is 6.40. The van der Waals surface area contributed by atoms with Gasteiger partial charge >= 0.3 is 0 Å². The summed E-state index contributed by atoms with van der Waals surface area (Å²) < 4.78 is 18.2. The van der Waals surface area contributed by atoms with Crippen LogP contribution in [-0.4, -0.2) is 26.5 Å². The third-order valence-electron chi connectivity index (χ3n) is 1.67. The van der Waals surface area contributed by atoms with Crippen molar-refractivity contribution in [2.75, 3.05) is 6.61 Å². The van der Waals surface area contributed by atoms with Crippen LogP contribution in [0.3, 0.4) is 0 Å². The molecule has 1 unspecified atom stereocenters. The second kappa shape index (κ2) is 2.24. The first-order valence-corrected chi connectivity index (χ1v) is 5.22. The Hall–Kier alpha value is -1.01. The number of fused-ring (bicyclic) bond motifs is 1. The van der Waals surface area contributed by atoms with Gasteiger partial charge in [0.25, 0.3) is 0 Å². The average Bonchev–Trinajstić information content (AvgIpc) is 2.37. The third kappa shape index (κ3) is 0.997. The molecule has 12 heavy (non-hydrogen) atoms. The number of nitrogens with two attached hydrogens (primary N) is 1. The van der Waals surface area contributed by atoms with Gasteiger partial charge in [-0.15, -0.1) is 0 Å². The first kappa shape index (κ1) is 7.63. The van der Waals surface area contributed by atoms with Crippen molar-refractivity contribution >= 4 is 15.6 Å². The van der Waals surface area contributed by atoms with E-state index in [-0.39, 0.29) is 0 Å². The van der Waals surface area contributed by atoms with E-state index in [2.05, 4.69) is 11.0 Å². The van der Waals surface area contributed by atoms with Gasteiger partial charge in [0, 0.05) is 0 Å². The molecular formula is C6H9N3O2S. The molecule has 1 aliphatic heterocycles. The van der Waals surface area contributed by atoms with Gasteiger partial charge in [0.1, 0.15) is 11.5 Å². The molecule has 0 aromatic carbocycles. The molecule has 5 nitrogen and oxygen atoms in total. The summed E-state index contributed by atoms with van der Waals surface area (Å²) in [6.07, 6.45) is 1.45. The minimum atomic E-state index is -2.69. The van der Waals surface area contributed by atoms with E-state index in [0.717, 1.165) is 0 Å². The maximum atomic E-state index is 11.3. The first-order chi connectivity index (χ1) is 5.59. The summed E-state index contributed by atoms with van der Waals surface area (Å²) in [5, 5.41) is 9.31. The number of aromatic nitrogens is 2. The molecule has 0 amide bonds. The molecule has 2 heterocycles. The monoisotopic (exact) mass is 187 g/mol. The summed E-state index contributed by atoms with van der Waals surface area (Å²) in [6, 6.07) is 0. The SMILES string of the molecule is C=S(N)(=O)c1cnn2c1OCC2. The van der Waals surface area contributed by atoms with E-state index in [1.54, 1.807) is 4.68 Å². The average molecular weight is 187 g/mol. The van der Waals surface area contributed by atoms with Crippen molar-refractivity contribution in [3.63, 3.8) is 0 Å². The van der Waals surface area contributed by atoms with Crippen molar-refractivity contribution in [1.29, 1.82) is 0 Å². The van der Waals surface area contributed by atoms with Crippen LogP contribution in [0.1, 0.15) is 0 Å². The summed E-state index contributed by atoms with van der Waals surface area (Å²) in [5.74, 6) is 3.86. The fraction of sp³-hybridized carbons (Fsp3) is 0.333. The summed E-state index contributed by atoms with van der Waals surface area (Å²) in [7, 11) is -2.69. The molecule has 0 spiro atoms. The van der Waals surface area contributed by atoms with Crippen molar-refractivity contribution in [2.45, 2.75) is 11.4 Å². The summed E-state index contributed by atoms with van der Waals surface area (Å²) >= 11 is 0. The van der Waals surface area contributed by atoms with Gasteiger partial charge in [-0.1, -0.05) is 0 Å². The Morgan fingerprint density at radius 1 is 1.83 bits per heavy atom. The molecule has 0 aliphatic carbocycles. The number of hydrogen-bond donors (Lipinski definition) is 1. The van der Waals surface area contributed by atoms with Crippen LogP contribution < -0.4 is 9.88 Å². The normalized spacial score (nSPS) is 19.8. The largest absolute Gasteiger partial charge is 0.475 e. The quantitative estimate of drug-likeness (QED) is 0.586. The molecule has 66 valence electrons. The number of rotatable bonds is 1. The van der Waals surface area contributed by atoms with Gasteiger partial charge in [-0.25, -0.2) is 8.89 Å². The Labute approximate surface area is 70.3 Å². The van der Waals surface area contributed by atoms with Crippen molar-refractivity contribution in [1.82, 2.24) is 9.78 Å². The minimum Gasteiger partial charge on any atom is -0.475 e. The second-order valence-electron chi connectivity index (χ2n) is 2.61. The molecule has 0 saturated heterocycles. The van der Waals surface area contributed by atoms with Gasteiger partial charge in [-0.2, -0.15) is 5.10 Å². The van der Waals surface area contributed by atoms with Gasteiger partial charge in [0.15, 0.2) is 0 Å². The van der Waals surface area contributed by atoms with Crippen molar-refractivity contribution in [3.8, 4) is 5.88 Å². The highest BCUT2D eigenvalue weighted by Crippen LogP contribution is 2.25. The van der Waals surface area contributed by atoms with E-state index in [0.29, 0.717) is 23.9 Å². The van der Waals surface area contributed by atoms with E-state index >= 15 is 0 Å². The molecule has 0 bridgehead atoms.